The van der Waals surface area contributed by atoms with Crippen LogP contribution in [0.25, 0.3) is 0 Å². The van der Waals surface area contributed by atoms with Crippen molar-refractivity contribution in [3.8, 4) is 5.75 Å². The van der Waals surface area contributed by atoms with Gasteiger partial charge in [0.2, 0.25) is 0 Å². The summed E-state index contributed by atoms with van der Waals surface area (Å²) in [7, 11) is 4.27. The van der Waals surface area contributed by atoms with Crippen molar-refractivity contribution in [2.24, 2.45) is 11.3 Å². The summed E-state index contributed by atoms with van der Waals surface area (Å²) in [6.45, 7) is 5.83. The lowest BCUT2D eigenvalue weighted by Gasteiger charge is -2.32. The number of carbonyl (C=O) groups is 1. The van der Waals surface area contributed by atoms with E-state index in [0.717, 1.165) is 45.0 Å². The SMILES string of the molecule is CN(C)C[C@@]12CN(Cc3ccccc3)C[C@@H]1CN(C(=O)COc1ccccc1)C2. The molecule has 0 N–H and O–H groups in total. The fourth-order valence-electron chi connectivity index (χ4n) is 5.05. The maximum Gasteiger partial charge on any atom is 0.260 e. The van der Waals surface area contributed by atoms with E-state index in [0.29, 0.717) is 5.92 Å². The van der Waals surface area contributed by atoms with Crippen LogP contribution in [0.1, 0.15) is 5.56 Å². The van der Waals surface area contributed by atoms with E-state index in [4.69, 9.17) is 4.74 Å². The predicted octanol–water partition coefficient (Wildman–Crippen LogP) is 2.59. The minimum absolute atomic E-state index is 0.0935. The number of hydrogen-bond donors (Lipinski definition) is 0. The highest BCUT2D eigenvalue weighted by Gasteiger charge is 2.53. The summed E-state index contributed by atoms with van der Waals surface area (Å²) in [6.07, 6.45) is 0. The molecule has 5 nitrogen and oxygen atoms in total. The van der Waals surface area contributed by atoms with Gasteiger partial charge in [0.15, 0.2) is 6.61 Å². The van der Waals surface area contributed by atoms with Gasteiger partial charge in [-0.05, 0) is 37.7 Å². The molecule has 5 heteroatoms. The molecular formula is C24H31N3O2. The molecule has 4 rings (SSSR count). The van der Waals surface area contributed by atoms with Gasteiger partial charge in [-0.3, -0.25) is 9.69 Å². The molecule has 29 heavy (non-hydrogen) atoms. The van der Waals surface area contributed by atoms with Crippen LogP contribution in [0.5, 0.6) is 5.75 Å². The Kier molecular flexibility index (Phi) is 5.88. The highest BCUT2D eigenvalue weighted by molar-refractivity contribution is 5.78. The molecule has 1 amide bonds. The number of benzene rings is 2. The fraction of sp³-hybridized carbons (Fsp3) is 0.458. The van der Waals surface area contributed by atoms with Crippen LogP contribution in [0.4, 0.5) is 0 Å². The summed E-state index contributed by atoms with van der Waals surface area (Å²) in [5.74, 6) is 1.35. The van der Waals surface area contributed by atoms with Crippen LogP contribution >= 0.6 is 0 Å². The van der Waals surface area contributed by atoms with Crippen molar-refractivity contribution in [3.63, 3.8) is 0 Å². The Morgan fingerprint density at radius 2 is 1.72 bits per heavy atom. The molecule has 0 unspecified atom stereocenters. The molecule has 2 heterocycles. The average Bonchev–Trinajstić information content (AvgIpc) is 3.20. The first-order chi connectivity index (χ1) is 14.0. The lowest BCUT2D eigenvalue weighted by molar-refractivity contribution is -0.133. The molecule has 2 aliphatic heterocycles. The molecule has 0 radical (unpaired) electrons. The highest BCUT2D eigenvalue weighted by Crippen LogP contribution is 2.43. The zero-order valence-corrected chi connectivity index (χ0v) is 17.5. The molecule has 2 saturated heterocycles. The molecule has 154 valence electrons. The monoisotopic (exact) mass is 393 g/mol. The summed E-state index contributed by atoms with van der Waals surface area (Å²) in [4.78, 5) is 19.7. The van der Waals surface area contributed by atoms with Crippen LogP contribution in [0.15, 0.2) is 60.7 Å². The maximum atomic E-state index is 12.8. The summed E-state index contributed by atoms with van der Waals surface area (Å²) in [6, 6.07) is 20.2. The zero-order chi connectivity index (χ0) is 20.3. The Hall–Kier alpha value is -2.37. The van der Waals surface area contributed by atoms with Gasteiger partial charge in [0.25, 0.3) is 5.91 Å². The number of carbonyl (C=O) groups excluding carboxylic acids is 1. The first kappa shape index (κ1) is 19.9. The van der Waals surface area contributed by atoms with Crippen molar-refractivity contribution in [1.82, 2.24) is 14.7 Å². The van der Waals surface area contributed by atoms with Gasteiger partial charge in [0.05, 0.1) is 0 Å². The molecule has 2 aromatic rings. The van der Waals surface area contributed by atoms with Gasteiger partial charge in [0, 0.05) is 44.7 Å². The topological polar surface area (TPSA) is 36.0 Å². The molecule has 0 saturated carbocycles. The largest absolute Gasteiger partial charge is 0.484 e. The molecule has 2 aromatic carbocycles. The normalized spacial score (nSPS) is 24.1. The quantitative estimate of drug-likeness (QED) is 0.725. The Balaban J connectivity index is 1.39. The lowest BCUT2D eigenvalue weighted by atomic mass is 9.80. The second-order valence-corrected chi connectivity index (χ2v) is 8.83. The molecule has 2 fully saturated rings. The summed E-state index contributed by atoms with van der Waals surface area (Å²) in [5, 5.41) is 0. The van der Waals surface area contributed by atoms with E-state index in [2.05, 4.69) is 54.2 Å². The molecular weight excluding hydrogens is 362 g/mol. The third-order valence-corrected chi connectivity index (χ3v) is 6.17. The first-order valence-electron chi connectivity index (χ1n) is 10.4. The van der Waals surface area contributed by atoms with Crippen molar-refractivity contribution in [1.29, 1.82) is 0 Å². The predicted molar refractivity (Wildman–Crippen MR) is 115 cm³/mol. The van der Waals surface area contributed by atoms with Crippen LogP contribution in [-0.4, -0.2) is 74.0 Å². The van der Waals surface area contributed by atoms with Crippen LogP contribution in [0.2, 0.25) is 0 Å². The second kappa shape index (κ2) is 8.56. The number of likely N-dealkylation sites (tertiary alicyclic amines) is 2. The minimum atomic E-state index is 0.0935. The number of ether oxygens (including phenoxy) is 1. The van der Waals surface area contributed by atoms with Crippen LogP contribution in [0.3, 0.4) is 0 Å². The third-order valence-electron chi connectivity index (χ3n) is 6.17. The van der Waals surface area contributed by atoms with Gasteiger partial charge in [-0.1, -0.05) is 48.5 Å². The van der Waals surface area contributed by atoms with Gasteiger partial charge in [0.1, 0.15) is 5.75 Å². The molecule has 0 aromatic heterocycles. The Labute approximate surface area is 173 Å². The Bertz CT molecular complexity index is 811. The van der Waals surface area contributed by atoms with Gasteiger partial charge in [-0.25, -0.2) is 0 Å². The summed E-state index contributed by atoms with van der Waals surface area (Å²) < 4.78 is 5.70. The molecule has 2 atom stereocenters. The van der Waals surface area contributed by atoms with Gasteiger partial charge in [-0.15, -0.1) is 0 Å². The van der Waals surface area contributed by atoms with Gasteiger partial charge >= 0.3 is 0 Å². The standard InChI is InChI=1S/C24H31N3O2/c1-25(2)17-24-18-26(13-20-9-5-3-6-10-20)14-21(24)15-27(19-24)23(28)16-29-22-11-7-4-8-12-22/h3-12,21H,13-19H2,1-2H3/t21-,24+/m1/s1. The minimum Gasteiger partial charge on any atom is -0.484 e. The van der Waals surface area contributed by atoms with Gasteiger partial charge < -0.3 is 14.5 Å². The summed E-state index contributed by atoms with van der Waals surface area (Å²) >= 11 is 0. The third kappa shape index (κ3) is 4.62. The van der Waals surface area contributed by atoms with Crippen molar-refractivity contribution in [2.45, 2.75) is 6.54 Å². The average molecular weight is 394 g/mol. The highest BCUT2D eigenvalue weighted by atomic mass is 16.5. The van der Waals surface area contributed by atoms with Crippen molar-refractivity contribution in [2.75, 3.05) is 53.4 Å². The molecule has 0 aliphatic carbocycles. The van der Waals surface area contributed by atoms with Crippen LogP contribution < -0.4 is 4.74 Å². The lowest BCUT2D eigenvalue weighted by Crippen LogP contribution is -2.43. The van der Waals surface area contributed by atoms with E-state index in [9.17, 15) is 4.79 Å². The molecule has 0 bridgehead atoms. The van der Waals surface area contributed by atoms with Crippen molar-refractivity contribution in [3.05, 3.63) is 66.2 Å². The number of para-hydroxylation sites is 1. The van der Waals surface area contributed by atoms with Gasteiger partial charge in [-0.2, -0.15) is 0 Å². The molecule has 2 aliphatic rings. The van der Waals surface area contributed by atoms with Crippen molar-refractivity contribution < 1.29 is 9.53 Å². The smallest absolute Gasteiger partial charge is 0.260 e. The van der Waals surface area contributed by atoms with E-state index in [1.54, 1.807) is 0 Å². The number of hydrogen-bond acceptors (Lipinski definition) is 4. The van der Waals surface area contributed by atoms with Crippen LogP contribution in [0, 0.1) is 11.3 Å². The fourth-order valence-corrected chi connectivity index (χ4v) is 5.05. The van der Waals surface area contributed by atoms with E-state index >= 15 is 0 Å². The number of nitrogens with zero attached hydrogens (tertiary/aromatic N) is 3. The second-order valence-electron chi connectivity index (χ2n) is 8.83. The Morgan fingerprint density at radius 3 is 2.41 bits per heavy atom. The van der Waals surface area contributed by atoms with E-state index in [-0.39, 0.29) is 17.9 Å². The maximum absolute atomic E-state index is 12.8. The molecule has 0 spiro atoms. The first-order valence-corrected chi connectivity index (χ1v) is 10.4. The van der Waals surface area contributed by atoms with E-state index in [1.807, 2.05) is 35.2 Å². The summed E-state index contributed by atoms with van der Waals surface area (Å²) in [5.41, 5.74) is 1.50. The van der Waals surface area contributed by atoms with E-state index in [1.165, 1.54) is 5.56 Å². The van der Waals surface area contributed by atoms with Crippen molar-refractivity contribution >= 4 is 5.91 Å². The number of amides is 1. The van der Waals surface area contributed by atoms with Crippen LogP contribution in [-0.2, 0) is 11.3 Å². The zero-order valence-electron chi connectivity index (χ0n) is 17.5. The Morgan fingerprint density at radius 1 is 1.03 bits per heavy atom. The number of fused-ring (bicyclic) bond motifs is 1. The van der Waals surface area contributed by atoms with E-state index < -0.39 is 0 Å². The number of rotatable bonds is 7.